The van der Waals surface area contributed by atoms with Gasteiger partial charge in [0.1, 0.15) is 0 Å². The van der Waals surface area contributed by atoms with Gasteiger partial charge in [0.2, 0.25) is 0 Å². The van der Waals surface area contributed by atoms with Gasteiger partial charge in [0.05, 0.1) is 0 Å². The molecule has 1 atom stereocenters. The van der Waals surface area contributed by atoms with E-state index in [0.717, 1.165) is 6.42 Å². The fourth-order valence-corrected chi connectivity index (χ4v) is 5.82. The Kier molecular flexibility index (Phi) is 13.3. The zero-order valence-corrected chi connectivity index (χ0v) is 27.4. The van der Waals surface area contributed by atoms with Crippen molar-refractivity contribution in [1.82, 2.24) is 0 Å². The summed E-state index contributed by atoms with van der Waals surface area (Å²) in [5, 5.41) is 0. The summed E-state index contributed by atoms with van der Waals surface area (Å²) in [5.74, 6) is 7.05. The highest BCUT2D eigenvalue weighted by molar-refractivity contribution is 5.37. The zero-order valence-electron chi connectivity index (χ0n) is 27.4. The molecule has 0 nitrogen and oxygen atoms in total. The summed E-state index contributed by atoms with van der Waals surface area (Å²) in [4.78, 5) is 0. The van der Waals surface area contributed by atoms with Crippen LogP contribution in [0.1, 0.15) is 114 Å². The summed E-state index contributed by atoms with van der Waals surface area (Å²) >= 11 is 0. The predicted molar refractivity (Wildman–Crippen MR) is 180 cm³/mol. The molecule has 0 heteroatoms. The minimum atomic E-state index is 0.271. The normalized spacial score (nSPS) is 21.7. The predicted octanol–water partition coefficient (Wildman–Crippen LogP) is 12.1. The van der Waals surface area contributed by atoms with Gasteiger partial charge in [-0.15, -0.1) is 0 Å². The van der Waals surface area contributed by atoms with Crippen LogP contribution in [-0.4, -0.2) is 0 Å². The molecule has 0 saturated carbocycles. The van der Waals surface area contributed by atoms with Crippen LogP contribution in [0, 0.1) is 28.6 Å². The van der Waals surface area contributed by atoms with Crippen molar-refractivity contribution in [1.29, 1.82) is 0 Å². The minimum Gasteiger partial charge on any atom is -0.0983 e. The fraction of sp³-hybridized carbons (Fsp3) is 0.500. The highest BCUT2D eigenvalue weighted by atomic mass is 14.3. The Morgan fingerprint density at radius 1 is 0.750 bits per heavy atom. The van der Waals surface area contributed by atoms with E-state index in [2.05, 4.69) is 148 Å². The lowest BCUT2D eigenvalue weighted by Gasteiger charge is -2.33. The van der Waals surface area contributed by atoms with Gasteiger partial charge < -0.3 is 0 Å². The second-order valence-electron chi connectivity index (χ2n) is 13.4. The van der Waals surface area contributed by atoms with Gasteiger partial charge in [-0.3, -0.25) is 0 Å². The molecule has 0 bridgehead atoms. The number of hydrogen-bond acceptors (Lipinski definition) is 0. The molecule has 0 heterocycles. The summed E-state index contributed by atoms with van der Waals surface area (Å²) in [6.07, 6.45) is 32.7. The molecule has 0 aromatic heterocycles. The van der Waals surface area contributed by atoms with E-state index in [4.69, 9.17) is 0 Å². The van der Waals surface area contributed by atoms with Crippen molar-refractivity contribution in [3.8, 4) is 11.8 Å². The van der Waals surface area contributed by atoms with Crippen LogP contribution in [0.3, 0.4) is 0 Å². The number of rotatable bonds is 9. The van der Waals surface area contributed by atoms with Crippen molar-refractivity contribution in [2.45, 2.75) is 114 Å². The zero-order chi connectivity index (χ0) is 29.8. The van der Waals surface area contributed by atoms with Gasteiger partial charge in [-0.1, -0.05) is 134 Å². The molecular weight excluding hydrogens is 480 g/mol. The van der Waals surface area contributed by atoms with Crippen LogP contribution in [0.25, 0.3) is 0 Å². The van der Waals surface area contributed by atoms with E-state index < -0.39 is 0 Å². The van der Waals surface area contributed by atoms with Crippen LogP contribution >= 0.6 is 0 Å². The van der Waals surface area contributed by atoms with Gasteiger partial charge >= 0.3 is 0 Å². The number of hydrogen-bond donors (Lipinski definition) is 0. The van der Waals surface area contributed by atoms with E-state index in [9.17, 15) is 0 Å². The SMILES string of the molecule is CC1=C(/C=C/C(C)=C\C=C\C(C)=C\C=C\C=C(/C)CC#CC(C)/C=C/C2=C(C)CCCC2(C)C)C(C)(C)CCC1. The molecule has 0 spiro atoms. The lowest BCUT2D eigenvalue weighted by molar-refractivity contribution is 0.376. The van der Waals surface area contributed by atoms with Gasteiger partial charge in [-0.2, -0.15) is 0 Å². The molecule has 1 unspecified atom stereocenters. The molecule has 2 rings (SSSR count). The fourth-order valence-electron chi connectivity index (χ4n) is 5.82. The smallest absolute Gasteiger partial charge is 0.0357 e. The monoisotopic (exact) mass is 536 g/mol. The van der Waals surface area contributed by atoms with Gasteiger partial charge in [0.25, 0.3) is 0 Å². The number of allylic oxidation sites excluding steroid dienone is 18. The molecule has 0 aromatic rings. The summed E-state index contributed by atoms with van der Waals surface area (Å²) in [7, 11) is 0. The lowest BCUT2D eigenvalue weighted by atomic mass is 9.72. The van der Waals surface area contributed by atoms with Crippen LogP contribution in [-0.2, 0) is 0 Å². The molecule has 0 aliphatic heterocycles. The highest BCUT2D eigenvalue weighted by Crippen LogP contribution is 2.41. The van der Waals surface area contributed by atoms with Crippen LogP contribution in [0.5, 0.6) is 0 Å². The van der Waals surface area contributed by atoms with Crippen molar-refractivity contribution < 1.29 is 0 Å². The first-order chi connectivity index (χ1) is 18.8. The van der Waals surface area contributed by atoms with E-state index in [1.807, 2.05) is 0 Å². The average molecular weight is 537 g/mol. The molecule has 216 valence electrons. The Labute approximate surface area is 248 Å². The summed E-state index contributed by atoms with van der Waals surface area (Å²) in [6.45, 7) is 22.7. The second kappa shape index (κ2) is 15.9. The quantitative estimate of drug-likeness (QED) is 0.203. The molecule has 0 N–H and O–H groups in total. The highest BCUT2D eigenvalue weighted by Gasteiger charge is 2.27. The summed E-state index contributed by atoms with van der Waals surface area (Å²) < 4.78 is 0. The standard InChI is InChI=1S/C40H56/c1-31(19-13-21-33(3)25-27-37-35(5)23-15-29-39(37,7)8)17-11-12-18-32(2)20-14-22-34(4)26-28-38-36(6)24-16-30-40(38,9)10/h11-13,17-19,21,25-28,34H,15-16,20,23-24,29-30H2,1-10H3/b12-11+,19-13+,27-25+,28-26+,31-17+,32-18+,33-21-. The van der Waals surface area contributed by atoms with Crippen LogP contribution < -0.4 is 0 Å². The third-order valence-electron chi connectivity index (χ3n) is 8.42. The van der Waals surface area contributed by atoms with Crippen LogP contribution in [0.2, 0.25) is 0 Å². The Bertz CT molecular complexity index is 1210. The Hall–Kier alpha value is -2.78. The third kappa shape index (κ3) is 11.4. The first-order valence-corrected chi connectivity index (χ1v) is 15.4. The summed E-state index contributed by atoms with van der Waals surface area (Å²) in [6, 6.07) is 0. The van der Waals surface area contributed by atoms with Crippen molar-refractivity contribution in [2.75, 3.05) is 0 Å². The molecule has 40 heavy (non-hydrogen) atoms. The third-order valence-corrected chi connectivity index (χ3v) is 8.42. The maximum Gasteiger partial charge on any atom is 0.0357 e. The van der Waals surface area contributed by atoms with Crippen molar-refractivity contribution in [3.05, 3.63) is 106 Å². The Morgan fingerprint density at radius 2 is 1.27 bits per heavy atom. The topological polar surface area (TPSA) is 0 Å². The van der Waals surface area contributed by atoms with E-state index in [1.165, 1.54) is 66.4 Å². The van der Waals surface area contributed by atoms with Gasteiger partial charge in [-0.25, -0.2) is 0 Å². The van der Waals surface area contributed by atoms with Crippen molar-refractivity contribution in [3.63, 3.8) is 0 Å². The molecular formula is C40H56. The van der Waals surface area contributed by atoms with E-state index in [-0.39, 0.29) is 11.3 Å². The largest absolute Gasteiger partial charge is 0.0983 e. The maximum atomic E-state index is 3.41. The average Bonchev–Trinajstić information content (AvgIpc) is 2.85. The first-order valence-electron chi connectivity index (χ1n) is 15.4. The van der Waals surface area contributed by atoms with Crippen LogP contribution in [0.4, 0.5) is 0 Å². The first kappa shape index (κ1) is 33.4. The van der Waals surface area contributed by atoms with E-state index >= 15 is 0 Å². The molecule has 0 saturated heterocycles. The lowest BCUT2D eigenvalue weighted by Crippen LogP contribution is -2.19. The molecule has 0 radical (unpaired) electrons. The van der Waals surface area contributed by atoms with E-state index in [1.54, 1.807) is 11.1 Å². The Morgan fingerprint density at radius 3 is 1.88 bits per heavy atom. The second-order valence-corrected chi connectivity index (χ2v) is 13.4. The van der Waals surface area contributed by atoms with Gasteiger partial charge in [0.15, 0.2) is 0 Å². The Balaban J connectivity index is 1.85. The minimum absolute atomic E-state index is 0.271. The van der Waals surface area contributed by atoms with Crippen molar-refractivity contribution in [2.24, 2.45) is 16.7 Å². The van der Waals surface area contributed by atoms with Gasteiger partial charge in [-0.05, 0) is 102 Å². The molecule has 0 aromatic carbocycles. The summed E-state index contributed by atoms with van der Waals surface area (Å²) in [5.41, 5.74) is 10.5. The maximum absolute atomic E-state index is 3.41. The van der Waals surface area contributed by atoms with Crippen LogP contribution in [0.15, 0.2) is 106 Å². The molecule has 2 aliphatic carbocycles. The van der Waals surface area contributed by atoms with Gasteiger partial charge in [0, 0.05) is 12.3 Å². The van der Waals surface area contributed by atoms with E-state index in [0.29, 0.717) is 5.41 Å². The molecule has 0 fully saturated rings. The molecule has 0 amide bonds. The molecule has 2 aliphatic rings. The van der Waals surface area contributed by atoms with Crippen molar-refractivity contribution >= 4 is 0 Å².